The van der Waals surface area contributed by atoms with Crippen molar-refractivity contribution in [1.29, 1.82) is 0 Å². The van der Waals surface area contributed by atoms with Crippen molar-refractivity contribution in [2.45, 2.75) is 19.9 Å². The Balaban J connectivity index is 1.84. The number of anilines is 1. The molecule has 1 unspecified atom stereocenters. The highest BCUT2D eigenvalue weighted by Gasteiger charge is 2.28. The summed E-state index contributed by atoms with van der Waals surface area (Å²) in [5, 5.41) is 3.60. The molecule has 1 aromatic carbocycles. The fourth-order valence-electron chi connectivity index (χ4n) is 3.06. The van der Waals surface area contributed by atoms with Crippen LogP contribution in [0.15, 0.2) is 38.8 Å². The Morgan fingerprint density at radius 3 is 2.92 bits per heavy atom. The Kier molecular flexibility index (Phi) is 3.79. The number of carbonyl (C=O) groups excluding carboxylic acids is 1. The molecule has 0 saturated carbocycles. The zero-order valence-electron chi connectivity index (χ0n) is 13.8. The minimum Gasteiger partial charge on any atom is -0.461 e. The lowest BCUT2D eigenvalue weighted by Gasteiger charge is -2.33. The summed E-state index contributed by atoms with van der Waals surface area (Å²) in [4.78, 5) is 17.6. The SMILES string of the molecule is Cc1ccc(-c2cc(Cl)cc3nc(N4CCNC(=C=O)C4C)oc23)o1. The van der Waals surface area contributed by atoms with Gasteiger partial charge in [-0.1, -0.05) is 11.6 Å². The van der Waals surface area contributed by atoms with Crippen molar-refractivity contribution in [1.82, 2.24) is 10.3 Å². The third-order valence-electron chi connectivity index (χ3n) is 4.36. The Bertz CT molecular complexity index is 1000. The first-order valence-corrected chi connectivity index (χ1v) is 8.37. The lowest BCUT2D eigenvalue weighted by Crippen LogP contribution is -2.48. The van der Waals surface area contributed by atoms with Gasteiger partial charge in [-0.25, -0.2) is 4.79 Å². The van der Waals surface area contributed by atoms with Crippen LogP contribution in [0.5, 0.6) is 0 Å². The third kappa shape index (κ3) is 2.69. The lowest BCUT2D eigenvalue weighted by molar-refractivity contribution is 0.495. The molecule has 6 nitrogen and oxygen atoms in total. The molecule has 3 aromatic rings. The standard InChI is InChI=1S/C18H16ClN3O3/c1-10-3-4-16(24-10)13-7-12(19)8-14-17(13)25-18(21-14)22-6-5-20-15(9-23)11(22)2/h3-4,7-8,11,20H,5-6H2,1-2H3. The second kappa shape index (κ2) is 5.99. The number of fused-ring (bicyclic) bond motifs is 1. The first-order valence-electron chi connectivity index (χ1n) is 7.99. The van der Waals surface area contributed by atoms with E-state index >= 15 is 0 Å². The van der Waals surface area contributed by atoms with Crippen molar-refractivity contribution < 1.29 is 13.6 Å². The third-order valence-corrected chi connectivity index (χ3v) is 4.58. The smallest absolute Gasteiger partial charge is 0.299 e. The predicted octanol–water partition coefficient (Wildman–Crippen LogP) is 3.56. The van der Waals surface area contributed by atoms with Gasteiger partial charge < -0.3 is 19.1 Å². The molecule has 0 spiro atoms. The van der Waals surface area contributed by atoms with E-state index in [4.69, 9.17) is 20.4 Å². The number of aryl methyl sites for hydroxylation is 1. The van der Waals surface area contributed by atoms with Gasteiger partial charge in [0.15, 0.2) is 5.58 Å². The number of furan rings is 1. The van der Waals surface area contributed by atoms with Gasteiger partial charge in [0.1, 0.15) is 28.7 Å². The van der Waals surface area contributed by atoms with Gasteiger partial charge in [0, 0.05) is 18.1 Å². The Labute approximate surface area is 149 Å². The molecule has 0 bridgehead atoms. The Hall–Kier alpha value is -2.69. The summed E-state index contributed by atoms with van der Waals surface area (Å²) >= 11 is 6.25. The van der Waals surface area contributed by atoms with Crippen LogP contribution in [0, 0.1) is 6.92 Å². The number of benzene rings is 1. The van der Waals surface area contributed by atoms with Crippen LogP contribution in [-0.4, -0.2) is 30.1 Å². The fraction of sp³-hybridized carbons (Fsp3) is 0.278. The highest BCUT2D eigenvalue weighted by Crippen LogP contribution is 2.36. The summed E-state index contributed by atoms with van der Waals surface area (Å²) < 4.78 is 11.8. The first-order chi connectivity index (χ1) is 12.1. The molecule has 1 atom stereocenters. The first kappa shape index (κ1) is 15.8. The highest BCUT2D eigenvalue weighted by atomic mass is 35.5. The van der Waals surface area contributed by atoms with Gasteiger partial charge in [-0.3, -0.25) is 0 Å². The van der Waals surface area contributed by atoms with Crippen molar-refractivity contribution in [3.05, 3.63) is 40.7 Å². The van der Waals surface area contributed by atoms with E-state index in [1.807, 2.05) is 36.8 Å². The van der Waals surface area contributed by atoms with Crippen LogP contribution in [0.4, 0.5) is 6.01 Å². The number of hydrogen-bond donors (Lipinski definition) is 1. The number of hydrogen-bond acceptors (Lipinski definition) is 6. The molecule has 1 aliphatic rings. The zero-order valence-corrected chi connectivity index (χ0v) is 14.6. The van der Waals surface area contributed by atoms with Crippen molar-refractivity contribution in [2.24, 2.45) is 0 Å². The topological polar surface area (TPSA) is 71.5 Å². The number of piperazine rings is 1. The number of rotatable bonds is 2. The van der Waals surface area contributed by atoms with Gasteiger partial charge in [-0.05, 0) is 38.1 Å². The molecule has 0 amide bonds. The average Bonchev–Trinajstić information content (AvgIpc) is 3.20. The van der Waals surface area contributed by atoms with Crippen molar-refractivity contribution >= 4 is 34.7 Å². The van der Waals surface area contributed by atoms with Gasteiger partial charge in [0.2, 0.25) is 0 Å². The Morgan fingerprint density at radius 2 is 2.20 bits per heavy atom. The normalized spacial score (nSPS) is 17.6. The summed E-state index contributed by atoms with van der Waals surface area (Å²) in [6.07, 6.45) is 0. The maximum absolute atomic E-state index is 11.1. The highest BCUT2D eigenvalue weighted by molar-refractivity contribution is 6.31. The predicted molar refractivity (Wildman–Crippen MR) is 95.5 cm³/mol. The van der Waals surface area contributed by atoms with Gasteiger partial charge in [-0.2, -0.15) is 4.98 Å². The van der Waals surface area contributed by atoms with Crippen LogP contribution < -0.4 is 10.2 Å². The lowest BCUT2D eigenvalue weighted by atomic mass is 10.1. The molecule has 0 radical (unpaired) electrons. The number of aromatic nitrogens is 1. The maximum atomic E-state index is 11.1. The zero-order chi connectivity index (χ0) is 17.6. The minimum atomic E-state index is -0.191. The van der Waals surface area contributed by atoms with Crippen LogP contribution in [0.3, 0.4) is 0 Å². The Morgan fingerprint density at radius 1 is 1.36 bits per heavy atom. The van der Waals surface area contributed by atoms with Crippen LogP contribution in [0.2, 0.25) is 5.02 Å². The molecule has 25 heavy (non-hydrogen) atoms. The monoisotopic (exact) mass is 357 g/mol. The van der Waals surface area contributed by atoms with E-state index in [2.05, 4.69) is 10.3 Å². The van der Waals surface area contributed by atoms with Crippen LogP contribution in [0.1, 0.15) is 12.7 Å². The van der Waals surface area contributed by atoms with E-state index in [0.29, 0.717) is 46.7 Å². The van der Waals surface area contributed by atoms with Gasteiger partial charge >= 0.3 is 0 Å². The molecule has 4 rings (SSSR count). The molecule has 1 N–H and O–H groups in total. The number of halogens is 1. The summed E-state index contributed by atoms with van der Waals surface area (Å²) in [5.41, 5.74) is 2.50. The van der Waals surface area contributed by atoms with E-state index in [0.717, 1.165) is 11.3 Å². The van der Waals surface area contributed by atoms with E-state index in [9.17, 15) is 4.79 Å². The van der Waals surface area contributed by atoms with Crippen molar-refractivity contribution in [2.75, 3.05) is 18.0 Å². The van der Waals surface area contributed by atoms with Gasteiger partial charge in [-0.15, -0.1) is 0 Å². The maximum Gasteiger partial charge on any atom is 0.299 e. The molecular weight excluding hydrogens is 342 g/mol. The molecule has 1 aliphatic heterocycles. The summed E-state index contributed by atoms with van der Waals surface area (Å²) in [5.74, 6) is 3.43. The van der Waals surface area contributed by atoms with E-state index in [-0.39, 0.29) is 6.04 Å². The largest absolute Gasteiger partial charge is 0.461 e. The molecular formula is C18H16ClN3O3. The molecule has 7 heteroatoms. The molecule has 3 heterocycles. The van der Waals surface area contributed by atoms with Crippen molar-refractivity contribution in [3.8, 4) is 11.3 Å². The van der Waals surface area contributed by atoms with E-state index in [1.165, 1.54) is 0 Å². The quantitative estimate of drug-likeness (QED) is 0.707. The molecule has 0 aliphatic carbocycles. The van der Waals surface area contributed by atoms with Crippen molar-refractivity contribution in [3.63, 3.8) is 0 Å². The average molecular weight is 358 g/mol. The van der Waals surface area contributed by atoms with Crippen LogP contribution >= 0.6 is 11.6 Å². The molecule has 2 aromatic heterocycles. The van der Waals surface area contributed by atoms with Crippen LogP contribution in [0.25, 0.3) is 22.4 Å². The summed E-state index contributed by atoms with van der Waals surface area (Å²) in [6, 6.07) is 7.58. The number of nitrogens with one attached hydrogen (secondary N) is 1. The van der Waals surface area contributed by atoms with E-state index < -0.39 is 0 Å². The second-order valence-electron chi connectivity index (χ2n) is 6.02. The number of oxazole rings is 1. The van der Waals surface area contributed by atoms with Crippen LogP contribution in [-0.2, 0) is 4.79 Å². The molecule has 1 saturated heterocycles. The second-order valence-corrected chi connectivity index (χ2v) is 6.46. The van der Waals surface area contributed by atoms with Gasteiger partial charge in [0.25, 0.3) is 6.01 Å². The summed E-state index contributed by atoms with van der Waals surface area (Å²) in [6.45, 7) is 5.08. The molecule has 1 fully saturated rings. The van der Waals surface area contributed by atoms with E-state index in [1.54, 1.807) is 12.1 Å². The minimum absolute atomic E-state index is 0.191. The molecule has 128 valence electrons. The number of nitrogens with zero attached hydrogens (tertiary/aromatic N) is 2. The fourth-order valence-corrected chi connectivity index (χ4v) is 3.28. The summed E-state index contributed by atoms with van der Waals surface area (Å²) in [7, 11) is 0. The van der Waals surface area contributed by atoms with Gasteiger partial charge in [0.05, 0.1) is 11.6 Å².